The Morgan fingerprint density at radius 3 is 2.54 bits per heavy atom. The summed E-state index contributed by atoms with van der Waals surface area (Å²) in [4.78, 5) is 11.1. The summed E-state index contributed by atoms with van der Waals surface area (Å²) < 4.78 is 5.16. The average molecular weight is 203 g/mol. The van der Waals surface area contributed by atoms with Crippen LogP contribution in [0.5, 0.6) is 0 Å². The molecule has 0 saturated heterocycles. The molecule has 0 aliphatic rings. The van der Waals surface area contributed by atoms with E-state index in [1.807, 2.05) is 13.8 Å². The minimum atomic E-state index is -0.260. The van der Waals surface area contributed by atoms with E-state index in [4.69, 9.17) is 4.74 Å². The first-order valence-electron chi connectivity index (χ1n) is 5.19. The van der Waals surface area contributed by atoms with Crippen LogP contribution >= 0.6 is 0 Å². The van der Waals surface area contributed by atoms with Crippen LogP contribution in [0.15, 0.2) is 0 Å². The molecule has 0 saturated carbocycles. The van der Waals surface area contributed by atoms with E-state index in [2.05, 4.69) is 5.32 Å². The summed E-state index contributed by atoms with van der Waals surface area (Å²) in [6, 6.07) is 1.23. The lowest BCUT2D eigenvalue weighted by Gasteiger charge is -2.14. The van der Waals surface area contributed by atoms with Crippen molar-refractivity contribution in [3.05, 3.63) is 0 Å². The maximum atomic E-state index is 11.1. The maximum Gasteiger partial charge on any atom is 0.407 e. The van der Waals surface area contributed by atoms with Crippen LogP contribution in [0.1, 0.15) is 33.1 Å². The van der Waals surface area contributed by atoms with E-state index in [0.717, 1.165) is 25.8 Å². The topological polar surface area (TPSA) is 38.3 Å². The largest absolute Gasteiger partial charge is 0.446 e. The van der Waals surface area contributed by atoms with Crippen LogP contribution in [-0.4, -0.2) is 29.0 Å². The van der Waals surface area contributed by atoms with Gasteiger partial charge < -0.3 is 10.1 Å². The van der Waals surface area contributed by atoms with Crippen molar-refractivity contribution in [2.24, 2.45) is 0 Å². The average Bonchev–Trinajstić information content (AvgIpc) is 2.14. The van der Waals surface area contributed by atoms with Gasteiger partial charge in [0.05, 0.1) is 0 Å². The highest BCUT2D eigenvalue weighted by Gasteiger charge is 2.08. The molecule has 0 rings (SSSR count). The highest BCUT2D eigenvalue weighted by Crippen LogP contribution is 2.02. The summed E-state index contributed by atoms with van der Waals surface area (Å²) in [6.07, 6.45) is 2.68. The lowest BCUT2D eigenvalue weighted by Crippen LogP contribution is -2.29. The number of ether oxygens (including phenoxy) is 1. The van der Waals surface area contributed by atoms with Crippen molar-refractivity contribution in [1.82, 2.24) is 5.32 Å². The molecule has 0 atom stereocenters. The Morgan fingerprint density at radius 2 is 2.08 bits per heavy atom. The monoisotopic (exact) mass is 203 g/mol. The lowest BCUT2D eigenvalue weighted by atomic mass is 10.2. The Morgan fingerprint density at radius 1 is 1.46 bits per heavy atom. The molecule has 0 aliphatic heterocycles. The number of amides is 1. The van der Waals surface area contributed by atoms with Gasteiger partial charge in [-0.15, -0.1) is 0 Å². The predicted molar refractivity (Wildman–Crippen MR) is 58.2 cm³/mol. The third kappa shape index (κ3) is 6.63. The van der Waals surface area contributed by atoms with Gasteiger partial charge in [-0.25, -0.2) is 4.79 Å². The van der Waals surface area contributed by atoms with Gasteiger partial charge in [0, 0.05) is 16.8 Å². The zero-order chi connectivity index (χ0) is 10.1. The standard InChI is InChI=1S/C9H21NO2Si/c1-3-8(4-2)12-9(11)10-6-5-7-13/h8H,3-7H2,1-2,13H3,(H,10,11). The minimum Gasteiger partial charge on any atom is -0.446 e. The van der Waals surface area contributed by atoms with Crippen molar-refractivity contribution in [1.29, 1.82) is 0 Å². The van der Waals surface area contributed by atoms with Crippen LogP contribution < -0.4 is 5.32 Å². The minimum absolute atomic E-state index is 0.0796. The van der Waals surface area contributed by atoms with E-state index in [0.29, 0.717) is 0 Å². The molecule has 78 valence electrons. The van der Waals surface area contributed by atoms with Gasteiger partial charge in [-0.1, -0.05) is 19.9 Å². The van der Waals surface area contributed by atoms with E-state index in [9.17, 15) is 4.79 Å². The smallest absolute Gasteiger partial charge is 0.407 e. The maximum absolute atomic E-state index is 11.1. The fourth-order valence-electron chi connectivity index (χ4n) is 1.02. The Labute approximate surface area is 83.7 Å². The molecule has 0 spiro atoms. The summed E-state index contributed by atoms with van der Waals surface area (Å²) in [6.45, 7) is 4.81. The molecule has 0 heterocycles. The first-order chi connectivity index (χ1) is 6.24. The van der Waals surface area contributed by atoms with E-state index >= 15 is 0 Å². The molecular weight excluding hydrogens is 182 g/mol. The molecule has 0 radical (unpaired) electrons. The quantitative estimate of drug-likeness (QED) is 0.518. The number of carbonyl (C=O) groups is 1. The molecular formula is C9H21NO2Si. The summed E-state index contributed by atoms with van der Waals surface area (Å²) in [5, 5.41) is 2.74. The van der Waals surface area contributed by atoms with Crippen LogP contribution in [0, 0.1) is 0 Å². The molecule has 1 amide bonds. The van der Waals surface area contributed by atoms with Gasteiger partial charge in [0.25, 0.3) is 0 Å². The fraction of sp³-hybridized carbons (Fsp3) is 0.889. The first-order valence-corrected chi connectivity index (χ1v) is 6.60. The highest BCUT2D eigenvalue weighted by molar-refractivity contribution is 6.08. The molecule has 13 heavy (non-hydrogen) atoms. The third-order valence-electron chi connectivity index (χ3n) is 1.98. The number of alkyl carbamates (subject to hydrolysis) is 1. The molecule has 4 heteroatoms. The van der Waals surface area contributed by atoms with Crippen LogP contribution in [0.3, 0.4) is 0 Å². The van der Waals surface area contributed by atoms with Gasteiger partial charge >= 0.3 is 6.09 Å². The van der Waals surface area contributed by atoms with Crippen molar-refractivity contribution in [2.45, 2.75) is 45.3 Å². The molecule has 1 N–H and O–H groups in total. The van der Waals surface area contributed by atoms with Gasteiger partial charge in [0.2, 0.25) is 0 Å². The second-order valence-corrected chi connectivity index (χ2v) is 4.12. The Kier molecular flexibility index (Phi) is 7.78. The number of nitrogens with one attached hydrogen (secondary N) is 1. The second kappa shape index (κ2) is 8.10. The van der Waals surface area contributed by atoms with Crippen molar-refractivity contribution >= 4 is 16.3 Å². The van der Waals surface area contributed by atoms with Gasteiger partial charge in [0.15, 0.2) is 0 Å². The Balaban J connectivity index is 3.48. The lowest BCUT2D eigenvalue weighted by molar-refractivity contribution is 0.0931. The van der Waals surface area contributed by atoms with E-state index < -0.39 is 0 Å². The molecule has 0 aromatic rings. The van der Waals surface area contributed by atoms with E-state index in [1.165, 1.54) is 16.3 Å². The van der Waals surface area contributed by atoms with Crippen molar-refractivity contribution in [3.8, 4) is 0 Å². The van der Waals surface area contributed by atoms with Crippen molar-refractivity contribution in [3.63, 3.8) is 0 Å². The van der Waals surface area contributed by atoms with Gasteiger partial charge in [-0.3, -0.25) is 0 Å². The predicted octanol–water partition coefficient (Wildman–Crippen LogP) is 1.07. The summed E-state index contributed by atoms with van der Waals surface area (Å²) in [7, 11) is 1.21. The molecule has 0 aromatic heterocycles. The zero-order valence-electron chi connectivity index (χ0n) is 8.93. The van der Waals surface area contributed by atoms with E-state index in [1.54, 1.807) is 0 Å². The van der Waals surface area contributed by atoms with Crippen LogP contribution in [0.4, 0.5) is 4.79 Å². The molecule has 0 bridgehead atoms. The van der Waals surface area contributed by atoms with Crippen LogP contribution in [-0.2, 0) is 4.74 Å². The number of hydrogen-bond donors (Lipinski definition) is 1. The number of carbonyl (C=O) groups excluding carboxylic acids is 1. The highest BCUT2D eigenvalue weighted by atomic mass is 28.1. The SMILES string of the molecule is CCC(CC)OC(=O)NCCC[SiH3]. The van der Waals surface area contributed by atoms with Crippen LogP contribution in [0.2, 0.25) is 6.04 Å². The zero-order valence-corrected chi connectivity index (χ0v) is 10.9. The number of rotatable bonds is 6. The Hall–Kier alpha value is -0.513. The van der Waals surface area contributed by atoms with Crippen LogP contribution in [0.25, 0.3) is 0 Å². The first kappa shape index (κ1) is 12.5. The molecule has 0 unspecified atom stereocenters. The van der Waals surface area contributed by atoms with Gasteiger partial charge in [-0.2, -0.15) is 0 Å². The molecule has 0 aliphatic carbocycles. The van der Waals surface area contributed by atoms with Gasteiger partial charge in [0.1, 0.15) is 6.10 Å². The number of hydrogen-bond acceptors (Lipinski definition) is 2. The van der Waals surface area contributed by atoms with E-state index in [-0.39, 0.29) is 12.2 Å². The summed E-state index contributed by atoms with van der Waals surface area (Å²) in [5.41, 5.74) is 0. The van der Waals surface area contributed by atoms with Crippen molar-refractivity contribution in [2.75, 3.05) is 6.54 Å². The third-order valence-corrected chi connectivity index (χ3v) is 2.69. The summed E-state index contributed by atoms with van der Waals surface area (Å²) >= 11 is 0. The summed E-state index contributed by atoms with van der Waals surface area (Å²) in [5.74, 6) is 0. The second-order valence-electron chi connectivity index (χ2n) is 3.12. The van der Waals surface area contributed by atoms with Crippen molar-refractivity contribution < 1.29 is 9.53 Å². The van der Waals surface area contributed by atoms with Gasteiger partial charge in [-0.05, 0) is 19.3 Å². The fourth-order valence-corrected chi connectivity index (χ4v) is 1.37. The Bertz CT molecular complexity index is 138. The normalized spacial score (nSPS) is 10.4. The molecule has 0 aromatic carbocycles. The molecule has 3 nitrogen and oxygen atoms in total. The molecule has 0 fully saturated rings.